The van der Waals surface area contributed by atoms with E-state index in [1.807, 2.05) is 0 Å². The second-order valence-corrected chi connectivity index (χ2v) is 5.22. The maximum absolute atomic E-state index is 12.9. The topological polar surface area (TPSA) is 85.8 Å². The molecule has 0 aliphatic heterocycles. The number of nitrogens with zero attached hydrogens (tertiary/aromatic N) is 3. The number of carbonyl (C=O) groups excluding carboxylic acids is 1. The minimum atomic E-state index is -4.28. The average Bonchev–Trinajstić information content (AvgIpc) is 2.85. The highest BCUT2D eigenvalue weighted by molar-refractivity contribution is 5.76. The second kappa shape index (κ2) is 6.42. The van der Waals surface area contributed by atoms with Crippen molar-refractivity contribution in [3.63, 3.8) is 0 Å². The Labute approximate surface area is 119 Å². The zero-order valence-corrected chi connectivity index (χ0v) is 11.4. The van der Waals surface area contributed by atoms with E-state index >= 15 is 0 Å². The van der Waals surface area contributed by atoms with Gasteiger partial charge < -0.3 is 11.1 Å². The van der Waals surface area contributed by atoms with Crippen molar-refractivity contribution in [1.82, 2.24) is 20.3 Å². The number of rotatable bonds is 4. The van der Waals surface area contributed by atoms with Crippen LogP contribution in [0.4, 0.5) is 13.2 Å². The van der Waals surface area contributed by atoms with Crippen LogP contribution >= 0.6 is 0 Å². The molecule has 2 unspecified atom stereocenters. The highest BCUT2D eigenvalue weighted by Crippen LogP contribution is 2.37. The first kappa shape index (κ1) is 15.7. The molecule has 0 bridgehead atoms. The maximum atomic E-state index is 12.9. The van der Waals surface area contributed by atoms with Crippen LogP contribution in [0.15, 0.2) is 6.20 Å². The lowest BCUT2D eigenvalue weighted by Gasteiger charge is -2.33. The van der Waals surface area contributed by atoms with Crippen molar-refractivity contribution in [3.8, 4) is 0 Å². The van der Waals surface area contributed by atoms with Gasteiger partial charge in [-0.25, -0.2) is 4.68 Å². The first-order valence-corrected chi connectivity index (χ1v) is 6.85. The summed E-state index contributed by atoms with van der Waals surface area (Å²) in [6, 6.07) is -0.858. The minimum Gasteiger partial charge on any atom is -0.351 e. The van der Waals surface area contributed by atoms with Crippen molar-refractivity contribution in [1.29, 1.82) is 0 Å². The zero-order chi connectivity index (χ0) is 15.5. The van der Waals surface area contributed by atoms with Gasteiger partial charge in [-0.3, -0.25) is 4.79 Å². The molecule has 118 valence electrons. The second-order valence-electron chi connectivity index (χ2n) is 5.22. The van der Waals surface area contributed by atoms with E-state index in [1.54, 1.807) is 0 Å². The van der Waals surface area contributed by atoms with E-state index in [0.29, 0.717) is 25.0 Å². The lowest BCUT2D eigenvalue weighted by atomic mass is 9.84. The molecule has 1 amide bonds. The Morgan fingerprint density at radius 1 is 1.43 bits per heavy atom. The highest BCUT2D eigenvalue weighted by atomic mass is 19.4. The number of alkyl halides is 3. The molecule has 21 heavy (non-hydrogen) atoms. The van der Waals surface area contributed by atoms with E-state index in [0.717, 1.165) is 0 Å². The van der Waals surface area contributed by atoms with Crippen molar-refractivity contribution in [2.24, 2.45) is 11.7 Å². The molecular weight excluding hydrogens is 287 g/mol. The molecule has 1 fully saturated rings. The Balaban J connectivity index is 1.94. The molecule has 1 aromatic heterocycles. The van der Waals surface area contributed by atoms with E-state index in [1.165, 1.54) is 10.9 Å². The molecule has 0 radical (unpaired) electrons. The fourth-order valence-electron chi connectivity index (χ4n) is 2.60. The number of hydrogen-bond donors (Lipinski definition) is 2. The normalized spacial score (nSPS) is 23.0. The number of aromatic nitrogens is 3. The molecule has 0 spiro atoms. The third-order valence-corrected chi connectivity index (χ3v) is 3.63. The van der Waals surface area contributed by atoms with Gasteiger partial charge in [-0.2, -0.15) is 13.2 Å². The Morgan fingerprint density at radius 2 is 2.14 bits per heavy atom. The third kappa shape index (κ3) is 4.16. The Hall–Kier alpha value is -1.64. The summed E-state index contributed by atoms with van der Waals surface area (Å²) in [5.41, 5.74) is 5.89. The van der Waals surface area contributed by atoms with Crippen molar-refractivity contribution in [2.45, 2.75) is 51.0 Å². The van der Waals surface area contributed by atoms with Gasteiger partial charge in [0, 0.05) is 12.6 Å². The molecule has 2 atom stereocenters. The fourth-order valence-corrected chi connectivity index (χ4v) is 2.60. The monoisotopic (exact) mass is 305 g/mol. The Kier molecular flexibility index (Phi) is 4.81. The number of amides is 1. The molecule has 1 aliphatic rings. The van der Waals surface area contributed by atoms with Gasteiger partial charge in [0.15, 0.2) is 0 Å². The number of hydrogen-bond acceptors (Lipinski definition) is 4. The van der Waals surface area contributed by atoms with Gasteiger partial charge in [0.05, 0.1) is 17.8 Å². The minimum absolute atomic E-state index is 0.0646. The molecule has 0 aromatic carbocycles. The molecule has 0 saturated heterocycles. The average molecular weight is 305 g/mol. The summed E-state index contributed by atoms with van der Waals surface area (Å²) < 4.78 is 40.0. The van der Waals surface area contributed by atoms with E-state index < -0.39 is 24.0 Å². The summed E-state index contributed by atoms with van der Waals surface area (Å²) in [5.74, 6) is -1.96. The molecule has 1 saturated carbocycles. The quantitative estimate of drug-likeness (QED) is 0.868. The van der Waals surface area contributed by atoms with Crippen LogP contribution < -0.4 is 11.1 Å². The van der Waals surface area contributed by atoms with E-state index in [2.05, 4.69) is 15.6 Å². The van der Waals surface area contributed by atoms with Crippen LogP contribution in [0.5, 0.6) is 0 Å². The van der Waals surface area contributed by atoms with Crippen LogP contribution in [-0.2, 0) is 17.9 Å². The SMILES string of the molecule is NCc1cn(CC(=O)NC2CCCCC2C(F)(F)F)nn1. The summed E-state index contributed by atoms with van der Waals surface area (Å²) >= 11 is 0. The smallest absolute Gasteiger partial charge is 0.351 e. The lowest BCUT2D eigenvalue weighted by Crippen LogP contribution is -2.48. The summed E-state index contributed by atoms with van der Waals surface area (Å²) in [5, 5.41) is 9.88. The van der Waals surface area contributed by atoms with Crippen molar-refractivity contribution in [3.05, 3.63) is 11.9 Å². The van der Waals surface area contributed by atoms with Crippen molar-refractivity contribution in [2.75, 3.05) is 0 Å². The van der Waals surface area contributed by atoms with E-state index in [4.69, 9.17) is 5.73 Å². The number of nitrogens with one attached hydrogen (secondary N) is 1. The summed E-state index contributed by atoms with van der Waals surface area (Å²) in [6.45, 7) is 0.0362. The predicted octanol–water partition coefficient (Wildman–Crippen LogP) is 0.974. The lowest BCUT2D eigenvalue weighted by molar-refractivity contribution is -0.189. The summed E-state index contributed by atoms with van der Waals surface area (Å²) in [6.07, 6.45) is -1.13. The maximum Gasteiger partial charge on any atom is 0.393 e. The van der Waals surface area contributed by atoms with Gasteiger partial charge in [-0.15, -0.1) is 5.10 Å². The molecular formula is C12H18F3N5O. The third-order valence-electron chi connectivity index (χ3n) is 3.63. The molecule has 6 nitrogen and oxygen atoms in total. The van der Waals surface area contributed by atoms with Gasteiger partial charge >= 0.3 is 6.18 Å². The molecule has 3 N–H and O–H groups in total. The van der Waals surface area contributed by atoms with Crippen LogP contribution in [0, 0.1) is 5.92 Å². The predicted molar refractivity (Wildman–Crippen MR) is 67.9 cm³/mol. The first-order valence-electron chi connectivity index (χ1n) is 6.85. The molecule has 1 heterocycles. The molecule has 2 rings (SSSR count). The van der Waals surface area contributed by atoms with Crippen LogP contribution in [0.2, 0.25) is 0 Å². The standard InChI is InChI=1S/C12H18F3N5O/c13-12(14,15)9-3-1-2-4-10(9)17-11(21)7-20-6-8(5-16)18-19-20/h6,9-10H,1-5,7,16H2,(H,17,21). The van der Waals surface area contributed by atoms with Crippen molar-refractivity contribution >= 4 is 5.91 Å². The number of carbonyl (C=O) groups is 1. The first-order chi connectivity index (χ1) is 9.90. The van der Waals surface area contributed by atoms with Crippen LogP contribution in [0.3, 0.4) is 0 Å². The zero-order valence-electron chi connectivity index (χ0n) is 11.4. The molecule has 1 aromatic rings. The van der Waals surface area contributed by atoms with Gasteiger partial charge in [0.1, 0.15) is 6.54 Å². The Bertz CT molecular complexity index is 487. The van der Waals surface area contributed by atoms with Gasteiger partial charge in [-0.1, -0.05) is 18.1 Å². The van der Waals surface area contributed by atoms with Crippen LogP contribution in [0.1, 0.15) is 31.4 Å². The summed E-state index contributed by atoms with van der Waals surface area (Å²) in [7, 11) is 0. The Morgan fingerprint density at radius 3 is 2.76 bits per heavy atom. The highest BCUT2D eigenvalue weighted by Gasteiger charge is 2.45. The van der Waals surface area contributed by atoms with Crippen LogP contribution in [-0.4, -0.2) is 33.1 Å². The van der Waals surface area contributed by atoms with Crippen LogP contribution in [0.25, 0.3) is 0 Å². The molecule has 1 aliphatic carbocycles. The van der Waals surface area contributed by atoms with Gasteiger partial charge in [0.25, 0.3) is 0 Å². The van der Waals surface area contributed by atoms with Gasteiger partial charge in [-0.05, 0) is 12.8 Å². The largest absolute Gasteiger partial charge is 0.393 e. The summed E-state index contributed by atoms with van der Waals surface area (Å²) in [4.78, 5) is 11.9. The van der Waals surface area contributed by atoms with E-state index in [9.17, 15) is 18.0 Å². The fraction of sp³-hybridized carbons (Fsp3) is 0.750. The number of nitrogens with two attached hydrogens (primary N) is 1. The number of halogens is 3. The van der Waals surface area contributed by atoms with Crippen molar-refractivity contribution < 1.29 is 18.0 Å². The van der Waals surface area contributed by atoms with Gasteiger partial charge in [0.2, 0.25) is 5.91 Å². The van der Waals surface area contributed by atoms with E-state index in [-0.39, 0.29) is 19.5 Å². The molecule has 9 heteroatoms.